The highest BCUT2D eigenvalue weighted by atomic mass is 32.2. The molecule has 2 N–H and O–H groups in total. The second kappa shape index (κ2) is 8.69. The van der Waals surface area contributed by atoms with E-state index in [9.17, 15) is 9.59 Å². The molecule has 0 atom stereocenters. The first-order chi connectivity index (χ1) is 11.2. The average Bonchev–Trinajstić information content (AvgIpc) is 2.57. The Hall–Kier alpha value is -1.86. The van der Waals surface area contributed by atoms with Gasteiger partial charge in [0.05, 0.1) is 16.7 Å². The number of para-hydroxylation sites is 1. The molecule has 7 heteroatoms. The third-order valence-corrected chi connectivity index (χ3v) is 4.25. The summed E-state index contributed by atoms with van der Waals surface area (Å²) < 4.78 is 1.54. The standard InChI is InChI=1S/C16H21N3O3S/c1-2-8-17-14(21)11-23-16-18-13-7-4-3-6-12(13)15(22)19(16)9-5-10-20/h3-4,6-7,20H,2,5,8-11H2,1H3,(H,17,21). The molecule has 0 aliphatic rings. The van der Waals surface area contributed by atoms with E-state index in [0.29, 0.717) is 35.6 Å². The summed E-state index contributed by atoms with van der Waals surface area (Å²) in [5, 5.41) is 12.9. The highest BCUT2D eigenvalue weighted by Crippen LogP contribution is 2.17. The van der Waals surface area contributed by atoms with Crippen LogP contribution in [-0.2, 0) is 11.3 Å². The van der Waals surface area contributed by atoms with Crippen LogP contribution in [0.3, 0.4) is 0 Å². The van der Waals surface area contributed by atoms with Crippen molar-refractivity contribution in [1.29, 1.82) is 0 Å². The number of nitrogens with zero attached hydrogens (tertiary/aromatic N) is 2. The summed E-state index contributed by atoms with van der Waals surface area (Å²) in [5.74, 6) is 0.136. The highest BCUT2D eigenvalue weighted by Gasteiger charge is 2.12. The second-order valence-corrected chi connectivity index (χ2v) is 6.03. The minimum Gasteiger partial charge on any atom is -0.396 e. The minimum atomic E-state index is -0.138. The van der Waals surface area contributed by atoms with Gasteiger partial charge in [-0.1, -0.05) is 30.8 Å². The van der Waals surface area contributed by atoms with E-state index in [1.54, 1.807) is 18.2 Å². The highest BCUT2D eigenvalue weighted by molar-refractivity contribution is 7.99. The summed E-state index contributed by atoms with van der Waals surface area (Å²) in [7, 11) is 0. The van der Waals surface area contributed by atoms with Gasteiger partial charge in [0, 0.05) is 19.7 Å². The maximum atomic E-state index is 12.6. The van der Waals surface area contributed by atoms with Crippen LogP contribution in [0.5, 0.6) is 0 Å². The van der Waals surface area contributed by atoms with Crippen LogP contribution in [-0.4, -0.2) is 39.5 Å². The number of aromatic nitrogens is 2. The Bertz CT molecular complexity index is 730. The van der Waals surface area contributed by atoms with Crippen LogP contribution in [0.15, 0.2) is 34.2 Å². The van der Waals surface area contributed by atoms with Gasteiger partial charge in [-0.25, -0.2) is 4.98 Å². The Labute approximate surface area is 138 Å². The monoisotopic (exact) mass is 335 g/mol. The van der Waals surface area contributed by atoms with E-state index in [-0.39, 0.29) is 23.8 Å². The van der Waals surface area contributed by atoms with E-state index in [0.717, 1.165) is 6.42 Å². The first kappa shape index (κ1) is 17.5. The van der Waals surface area contributed by atoms with Gasteiger partial charge < -0.3 is 10.4 Å². The molecule has 2 rings (SSSR count). The smallest absolute Gasteiger partial charge is 0.262 e. The third-order valence-electron chi connectivity index (χ3n) is 3.27. The van der Waals surface area contributed by atoms with Crippen molar-refractivity contribution in [1.82, 2.24) is 14.9 Å². The van der Waals surface area contributed by atoms with Crippen molar-refractivity contribution >= 4 is 28.6 Å². The molecule has 1 aromatic heterocycles. The Morgan fingerprint density at radius 1 is 1.39 bits per heavy atom. The summed E-state index contributed by atoms with van der Waals surface area (Å²) in [5.41, 5.74) is 0.481. The molecule has 0 saturated carbocycles. The van der Waals surface area contributed by atoms with E-state index < -0.39 is 0 Å². The van der Waals surface area contributed by atoms with Gasteiger partial charge in [0.15, 0.2) is 5.16 Å². The number of aliphatic hydroxyl groups is 1. The number of benzene rings is 1. The molecule has 1 amide bonds. The fraction of sp³-hybridized carbons (Fsp3) is 0.438. The normalized spacial score (nSPS) is 10.9. The van der Waals surface area contributed by atoms with Crippen molar-refractivity contribution < 1.29 is 9.90 Å². The third kappa shape index (κ3) is 4.56. The topological polar surface area (TPSA) is 84.2 Å². The second-order valence-electron chi connectivity index (χ2n) is 5.08. The summed E-state index contributed by atoms with van der Waals surface area (Å²) >= 11 is 1.24. The van der Waals surface area contributed by atoms with Gasteiger partial charge in [-0.2, -0.15) is 0 Å². The zero-order chi connectivity index (χ0) is 16.7. The van der Waals surface area contributed by atoms with Gasteiger partial charge in [0.25, 0.3) is 5.56 Å². The predicted octanol–water partition coefficient (Wildman–Crippen LogP) is 1.40. The minimum absolute atomic E-state index is 0.000357. The fourth-order valence-corrected chi connectivity index (χ4v) is 2.98. The van der Waals surface area contributed by atoms with E-state index in [1.165, 1.54) is 16.3 Å². The number of thioether (sulfide) groups is 1. The molecule has 124 valence electrons. The van der Waals surface area contributed by atoms with Crippen LogP contribution in [0.2, 0.25) is 0 Å². The molecule has 0 unspecified atom stereocenters. The fourth-order valence-electron chi connectivity index (χ4n) is 2.13. The Morgan fingerprint density at radius 3 is 2.91 bits per heavy atom. The number of aliphatic hydroxyl groups excluding tert-OH is 1. The van der Waals surface area contributed by atoms with Crippen molar-refractivity contribution in [3.05, 3.63) is 34.6 Å². The van der Waals surface area contributed by atoms with Crippen LogP contribution in [0.25, 0.3) is 10.9 Å². The Balaban J connectivity index is 2.28. The number of nitrogens with one attached hydrogen (secondary N) is 1. The molecule has 0 spiro atoms. The Morgan fingerprint density at radius 2 is 2.17 bits per heavy atom. The maximum absolute atomic E-state index is 12.6. The van der Waals surface area contributed by atoms with E-state index in [2.05, 4.69) is 10.3 Å². The number of carbonyl (C=O) groups is 1. The lowest BCUT2D eigenvalue weighted by molar-refractivity contribution is -0.118. The van der Waals surface area contributed by atoms with Crippen LogP contribution >= 0.6 is 11.8 Å². The largest absolute Gasteiger partial charge is 0.396 e. The van der Waals surface area contributed by atoms with Gasteiger partial charge in [0.1, 0.15) is 0 Å². The summed E-state index contributed by atoms with van der Waals surface area (Å²) in [4.78, 5) is 28.9. The van der Waals surface area contributed by atoms with Crippen molar-refractivity contribution in [2.75, 3.05) is 18.9 Å². The molecule has 0 bridgehead atoms. The molecule has 0 aliphatic heterocycles. The Kier molecular flexibility index (Phi) is 6.61. The lowest BCUT2D eigenvalue weighted by atomic mass is 10.2. The number of hydrogen-bond donors (Lipinski definition) is 2. The zero-order valence-electron chi connectivity index (χ0n) is 13.1. The number of amides is 1. The lowest BCUT2D eigenvalue weighted by Gasteiger charge is -2.12. The van der Waals surface area contributed by atoms with Crippen LogP contribution in [0, 0.1) is 0 Å². The van der Waals surface area contributed by atoms with E-state index in [1.807, 2.05) is 13.0 Å². The summed E-state index contributed by atoms with van der Waals surface area (Å²) in [6.07, 6.45) is 1.35. The molecular weight excluding hydrogens is 314 g/mol. The average molecular weight is 335 g/mol. The molecule has 2 aromatic rings. The molecule has 23 heavy (non-hydrogen) atoms. The molecule has 1 heterocycles. The number of carbonyl (C=O) groups excluding carboxylic acids is 1. The molecule has 0 saturated heterocycles. The molecule has 6 nitrogen and oxygen atoms in total. The van der Waals surface area contributed by atoms with E-state index in [4.69, 9.17) is 5.11 Å². The number of hydrogen-bond acceptors (Lipinski definition) is 5. The first-order valence-corrected chi connectivity index (χ1v) is 8.66. The number of fused-ring (bicyclic) bond motifs is 1. The quantitative estimate of drug-likeness (QED) is 0.563. The molecular formula is C16H21N3O3S. The van der Waals surface area contributed by atoms with Crippen LogP contribution in [0.4, 0.5) is 0 Å². The van der Waals surface area contributed by atoms with E-state index >= 15 is 0 Å². The summed E-state index contributed by atoms with van der Waals surface area (Å²) in [6, 6.07) is 7.15. The van der Waals surface area contributed by atoms with Crippen LogP contribution in [0.1, 0.15) is 19.8 Å². The zero-order valence-corrected chi connectivity index (χ0v) is 13.9. The van der Waals surface area contributed by atoms with Crippen molar-refractivity contribution in [2.24, 2.45) is 0 Å². The van der Waals surface area contributed by atoms with Gasteiger partial charge in [-0.15, -0.1) is 0 Å². The first-order valence-electron chi connectivity index (χ1n) is 7.67. The molecule has 0 radical (unpaired) electrons. The van der Waals surface area contributed by atoms with Crippen molar-refractivity contribution in [3.8, 4) is 0 Å². The predicted molar refractivity (Wildman–Crippen MR) is 91.7 cm³/mol. The number of rotatable bonds is 8. The summed E-state index contributed by atoms with van der Waals surface area (Å²) in [6.45, 7) is 3.01. The molecule has 1 aromatic carbocycles. The van der Waals surface area contributed by atoms with Gasteiger partial charge in [0.2, 0.25) is 5.91 Å². The van der Waals surface area contributed by atoms with Crippen molar-refractivity contribution in [2.45, 2.75) is 31.5 Å². The van der Waals surface area contributed by atoms with Gasteiger partial charge >= 0.3 is 0 Å². The SMILES string of the molecule is CCCNC(=O)CSc1nc2ccccc2c(=O)n1CCCO. The van der Waals surface area contributed by atoms with Gasteiger partial charge in [-0.05, 0) is 25.0 Å². The van der Waals surface area contributed by atoms with Crippen LogP contribution < -0.4 is 10.9 Å². The molecule has 0 fully saturated rings. The lowest BCUT2D eigenvalue weighted by Crippen LogP contribution is -2.27. The van der Waals surface area contributed by atoms with Gasteiger partial charge in [-0.3, -0.25) is 14.2 Å². The maximum Gasteiger partial charge on any atom is 0.262 e. The molecule has 0 aliphatic carbocycles. The van der Waals surface area contributed by atoms with Crippen molar-refractivity contribution in [3.63, 3.8) is 0 Å².